The zero-order chi connectivity index (χ0) is 35.2. The number of fused-ring (bicyclic) bond motifs is 1. The van der Waals surface area contributed by atoms with Gasteiger partial charge in [-0.15, -0.1) is 5.10 Å². The number of carbonyl (C=O) groups excluding carboxylic acids is 5. The van der Waals surface area contributed by atoms with Gasteiger partial charge in [-0.25, -0.2) is 18.1 Å². The van der Waals surface area contributed by atoms with Crippen LogP contribution in [0.1, 0.15) is 38.8 Å². The molecule has 0 bridgehead atoms. The Labute approximate surface area is 267 Å². The Bertz CT molecular complexity index is 1890. The third kappa shape index (κ3) is 9.86. The van der Waals surface area contributed by atoms with Gasteiger partial charge in [-0.3, -0.25) is 33.5 Å². The lowest BCUT2D eigenvalue weighted by atomic mass is 10.1. The zero-order valence-electron chi connectivity index (χ0n) is 26.5. The van der Waals surface area contributed by atoms with Crippen LogP contribution in [0.25, 0.3) is 22.6 Å². The summed E-state index contributed by atoms with van der Waals surface area (Å²) < 4.78 is 48.1. The van der Waals surface area contributed by atoms with E-state index in [0.29, 0.717) is 0 Å². The number of aromatic nitrogens is 6. The molecule has 2 aromatic heterocycles. The van der Waals surface area contributed by atoms with E-state index in [-0.39, 0.29) is 22.6 Å². The molecular weight excluding hydrogens is 646 g/mol. The molecule has 0 fully saturated rings. The summed E-state index contributed by atoms with van der Waals surface area (Å²) in [5.74, 6) is -4.63. The van der Waals surface area contributed by atoms with Gasteiger partial charge in [0.05, 0.1) is 23.8 Å². The first-order valence-electron chi connectivity index (χ1n) is 13.8. The van der Waals surface area contributed by atoms with E-state index in [2.05, 4.69) is 20.5 Å². The van der Waals surface area contributed by atoms with Crippen molar-refractivity contribution in [1.29, 1.82) is 0 Å². The van der Waals surface area contributed by atoms with E-state index in [1.807, 2.05) is 0 Å². The number of hydrogen-bond acceptors (Lipinski definition) is 16. The summed E-state index contributed by atoms with van der Waals surface area (Å²) in [4.78, 5) is 79.1. The SMILES string of the molecule is CC(=O)OC[C@@H](OC(C)=O)[C@@H](OC(C)=O)[C@H](Cn1c(=O)c(-c2nnnn2CC(=O)NS(C)(=O)=O)nc2cc(C)c(C)cc21)OC(C)=O. The second kappa shape index (κ2) is 14.9. The average Bonchev–Trinajstić information content (AvgIpc) is 3.37. The van der Waals surface area contributed by atoms with Crippen LogP contribution in [0.15, 0.2) is 16.9 Å². The minimum atomic E-state index is -3.92. The number of nitrogens with one attached hydrogen (secondary N) is 1. The minimum Gasteiger partial charge on any atom is -0.462 e. The van der Waals surface area contributed by atoms with Gasteiger partial charge in [0.15, 0.2) is 24.0 Å². The summed E-state index contributed by atoms with van der Waals surface area (Å²) in [5, 5.41) is 11.0. The Morgan fingerprint density at radius 2 is 1.49 bits per heavy atom. The Kier molecular flexibility index (Phi) is 11.5. The highest BCUT2D eigenvalue weighted by atomic mass is 32.2. The lowest BCUT2D eigenvalue weighted by Crippen LogP contribution is -2.50. The van der Waals surface area contributed by atoms with Crippen LogP contribution in [0.5, 0.6) is 0 Å². The molecule has 3 rings (SSSR count). The van der Waals surface area contributed by atoms with Crippen molar-refractivity contribution < 1.29 is 51.3 Å². The van der Waals surface area contributed by atoms with Crippen molar-refractivity contribution in [1.82, 2.24) is 34.5 Å². The number of amides is 1. The number of nitrogens with zero attached hydrogens (tertiary/aromatic N) is 6. The van der Waals surface area contributed by atoms with Gasteiger partial charge in [-0.1, -0.05) is 0 Å². The van der Waals surface area contributed by atoms with E-state index < -0.39 is 83.4 Å². The summed E-state index contributed by atoms with van der Waals surface area (Å²) in [7, 11) is -3.92. The molecule has 0 radical (unpaired) electrons. The van der Waals surface area contributed by atoms with Crippen molar-refractivity contribution in [2.24, 2.45) is 0 Å². The summed E-state index contributed by atoms with van der Waals surface area (Å²) in [6, 6.07) is 3.29. The second-order valence-corrected chi connectivity index (χ2v) is 12.2. The van der Waals surface area contributed by atoms with Gasteiger partial charge in [0.25, 0.3) is 11.5 Å². The van der Waals surface area contributed by atoms with Crippen molar-refractivity contribution in [3.63, 3.8) is 0 Å². The normalized spacial score (nSPS) is 13.3. The number of aryl methyl sites for hydroxylation is 2. The molecule has 3 atom stereocenters. The number of carbonyl (C=O) groups is 5. The van der Waals surface area contributed by atoms with E-state index in [4.69, 9.17) is 18.9 Å². The molecule has 47 heavy (non-hydrogen) atoms. The first kappa shape index (κ1) is 36.2. The van der Waals surface area contributed by atoms with Gasteiger partial charge >= 0.3 is 23.9 Å². The molecule has 1 N–H and O–H groups in total. The molecule has 0 aliphatic rings. The highest BCUT2D eigenvalue weighted by molar-refractivity contribution is 7.89. The van der Waals surface area contributed by atoms with Crippen LogP contribution in [0.3, 0.4) is 0 Å². The highest BCUT2D eigenvalue weighted by Crippen LogP contribution is 2.23. The smallest absolute Gasteiger partial charge is 0.303 e. The predicted molar refractivity (Wildman–Crippen MR) is 159 cm³/mol. The Morgan fingerprint density at radius 1 is 0.894 bits per heavy atom. The van der Waals surface area contributed by atoms with Gasteiger partial charge in [-0.2, -0.15) is 0 Å². The largest absolute Gasteiger partial charge is 0.462 e. The van der Waals surface area contributed by atoms with Crippen molar-refractivity contribution in [3.05, 3.63) is 33.6 Å². The topological polar surface area (TPSA) is 247 Å². The fourth-order valence-corrected chi connectivity index (χ4v) is 4.95. The molecule has 19 nitrogen and oxygen atoms in total. The molecule has 1 amide bonds. The molecule has 0 aliphatic carbocycles. The van der Waals surface area contributed by atoms with Crippen LogP contribution in [0, 0.1) is 13.8 Å². The number of esters is 4. The molecule has 0 saturated heterocycles. The Balaban J connectivity index is 2.26. The number of ether oxygens (including phenoxy) is 4. The number of tetrazole rings is 1. The van der Waals surface area contributed by atoms with Crippen LogP contribution in [-0.4, -0.2) is 99.1 Å². The molecule has 0 saturated carbocycles. The Morgan fingerprint density at radius 3 is 2.06 bits per heavy atom. The molecule has 0 spiro atoms. The fourth-order valence-electron chi connectivity index (χ4n) is 4.47. The summed E-state index contributed by atoms with van der Waals surface area (Å²) in [6.07, 6.45) is -3.81. The predicted octanol–water partition coefficient (Wildman–Crippen LogP) is -0.899. The number of benzene rings is 1. The molecule has 254 valence electrons. The molecule has 1 aromatic carbocycles. The maximum absolute atomic E-state index is 14.2. The van der Waals surface area contributed by atoms with E-state index in [9.17, 15) is 37.2 Å². The number of sulfonamides is 1. The number of hydrogen-bond donors (Lipinski definition) is 1. The Hall–Kier alpha value is -5.27. The summed E-state index contributed by atoms with van der Waals surface area (Å²) in [6.45, 7) is 6.02. The maximum Gasteiger partial charge on any atom is 0.303 e. The van der Waals surface area contributed by atoms with Gasteiger partial charge < -0.3 is 23.5 Å². The van der Waals surface area contributed by atoms with Crippen molar-refractivity contribution in [3.8, 4) is 11.5 Å². The van der Waals surface area contributed by atoms with Crippen LogP contribution in [0.2, 0.25) is 0 Å². The molecule has 3 aromatic rings. The average molecular weight is 680 g/mol. The van der Waals surface area contributed by atoms with Crippen molar-refractivity contribution >= 4 is 50.8 Å². The van der Waals surface area contributed by atoms with Crippen LogP contribution in [-0.2, 0) is 66.0 Å². The van der Waals surface area contributed by atoms with E-state index >= 15 is 0 Å². The first-order chi connectivity index (χ1) is 21.9. The molecule has 0 aliphatic heterocycles. The fraction of sp³-hybridized carbons (Fsp3) is 0.481. The lowest BCUT2D eigenvalue weighted by Gasteiger charge is -2.32. The van der Waals surface area contributed by atoms with E-state index in [1.54, 1.807) is 30.7 Å². The summed E-state index contributed by atoms with van der Waals surface area (Å²) in [5.41, 5.74) is 0.760. The number of rotatable bonds is 13. The van der Waals surface area contributed by atoms with E-state index in [0.717, 1.165) is 54.3 Å². The van der Waals surface area contributed by atoms with Gasteiger partial charge in [-0.05, 0) is 47.5 Å². The summed E-state index contributed by atoms with van der Waals surface area (Å²) >= 11 is 0. The van der Waals surface area contributed by atoms with Crippen molar-refractivity contribution in [2.45, 2.75) is 72.9 Å². The van der Waals surface area contributed by atoms with Gasteiger partial charge in [0.2, 0.25) is 15.8 Å². The monoisotopic (exact) mass is 679 g/mol. The first-order valence-corrected chi connectivity index (χ1v) is 15.7. The lowest BCUT2D eigenvalue weighted by molar-refractivity contribution is -0.190. The van der Waals surface area contributed by atoms with Crippen LogP contribution < -0.4 is 10.3 Å². The minimum absolute atomic E-state index is 0.235. The van der Waals surface area contributed by atoms with Crippen LogP contribution in [0.4, 0.5) is 0 Å². The van der Waals surface area contributed by atoms with E-state index in [1.165, 1.54) is 0 Å². The molecular formula is C27H33N7O12S. The van der Waals surface area contributed by atoms with Crippen LogP contribution >= 0.6 is 0 Å². The van der Waals surface area contributed by atoms with Gasteiger partial charge in [0, 0.05) is 27.7 Å². The standard InChI is InChI=1S/C27H33N7O12S/c1-13-8-19-20(9-14(13)2)33(27(40)24(28-19)26-29-31-32-34(26)11-23(39)30-47(7,41)42)10-21(44-16(4)36)25(46-18(6)38)22(45-17(5)37)12-43-15(3)35/h8-9,21-22,25H,10-12H2,1-7H3,(H,30,39)/t21-,22+,25-/m0/s1. The zero-order valence-corrected chi connectivity index (χ0v) is 27.3. The second-order valence-electron chi connectivity index (χ2n) is 10.4. The highest BCUT2D eigenvalue weighted by Gasteiger charge is 2.39. The molecule has 20 heteroatoms. The maximum atomic E-state index is 14.2. The molecule has 2 heterocycles. The van der Waals surface area contributed by atoms with Crippen molar-refractivity contribution in [2.75, 3.05) is 12.9 Å². The third-order valence-corrected chi connectivity index (χ3v) is 6.98. The van der Waals surface area contributed by atoms with Gasteiger partial charge in [0.1, 0.15) is 13.2 Å². The quantitative estimate of drug-likeness (QED) is 0.170. The molecule has 0 unspecified atom stereocenters. The third-order valence-electron chi connectivity index (χ3n) is 6.38.